The van der Waals surface area contributed by atoms with Gasteiger partial charge in [-0.05, 0) is 62.1 Å². The van der Waals surface area contributed by atoms with E-state index in [0.29, 0.717) is 37.3 Å². The summed E-state index contributed by atoms with van der Waals surface area (Å²) >= 11 is 0. The monoisotopic (exact) mass is 395 g/mol. The number of likely N-dealkylation sites (tertiary alicyclic amines) is 1. The van der Waals surface area contributed by atoms with E-state index in [1.165, 1.54) is 12.3 Å². The number of carbonyl (C=O) groups excluding carboxylic acids is 3. The topological polar surface area (TPSA) is 106 Å². The lowest BCUT2D eigenvalue weighted by atomic mass is 9.96. The number of hydrogen-bond donors (Lipinski definition) is 2. The minimum Gasteiger partial charge on any atom is -0.465 e. The lowest BCUT2D eigenvalue weighted by Crippen LogP contribution is -2.44. The van der Waals surface area contributed by atoms with E-state index in [1.54, 1.807) is 29.2 Å². The summed E-state index contributed by atoms with van der Waals surface area (Å²) in [6.07, 6.45) is 4.04. The molecule has 0 aliphatic carbocycles. The van der Waals surface area contributed by atoms with Crippen molar-refractivity contribution in [3.63, 3.8) is 0 Å². The zero-order valence-corrected chi connectivity index (χ0v) is 16.6. The second-order valence-electron chi connectivity index (χ2n) is 7.30. The summed E-state index contributed by atoms with van der Waals surface area (Å²) in [4.78, 5) is 38.8. The Morgan fingerprint density at radius 2 is 1.86 bits per heavy atom. The number of primary amides is 1. The zero-order valence-electron chi connectivity index (χ0n) is 16.6. The molecule has 1 aromatic heterocycles. The van der Waals surface area contributed by atoms with E-state index < -0.39 is 0 Å². The van der Waals surface area contributed by atoms with Gasteiger partial charge in [-0.25, -0.2) is 0 Å². The molecule has 1 saturated heterocycles. The van der Waals surface area contributed by atoms with Crippen LogP contribution in [-0.2, 0) is 9.59 Å². The van der Waals surface area contributed by atoms with Crippen molar-refractivity contribution >= 4 is 23.8 Å². The van der Waals surface area contributed by atoms with Gasteiger partial charge in [-0.3, -0.25) is 14.4 Å². The number of nitrogens with one attached hydrogen (secondary N) is 1. The number of piperidine rings is 1. The molecule has 29 heavy (non-hydrogen) atoms. The van der Waals surface area contributed by atoms with Crippen molar-refractivity contribution in [3.05, 3.63) is 64.7 Å². The number of rotatable bonds is 5. The van der Waals surface area contributed by atoms with Gasteiger partial charge in [-0.1, -0.05) is 6.07 Å². The van der Waals surface area contributed by atoms with Gasteiger partial charge in [0.05, 0.1) is 6.26 Å². The van der Waals surface area contributed by atoms with Crippen LogP contribution in [0.15, 0.2) is 46.7 Å². The number of aryl methyl sites for hydroxylation is 2. The van der Waals surface area contributed by atoms with Crippen LogP contribution in [0, 0.1) is 19.8 Å². The molecule has 0 atom stereocenters. The molecular formula is C22H25N3O4. The van der Waals surface area contributed by atoms with E-state index in [0.717, 1.165) is 11.1 Å². The Bertz CT molecular complexity index is 939. The van der Waals surface area contributed by atoms with Crippen LogP contribution in [0.25, 0.3) is 6.08 Å². The van der Waals surface area contributed by atoms with Crippen LogP contribution in [0.1, 0.15) is 40.1 Å². The van der Waals surface area contributed by atoms with Crippen molar-refractivity contribution in [1.82, 2.24) is 10.2 Å². The molecule has 1 fully saturated rings. The van der Waals surface area contributed by atoms with Gasteiger partial charge in [0.15, 0.2) is 0 Å². The van der Waals surface area contributed by atoms with Gasteiger partial charge in [0.1, 0.15) is 11.5 Å². The van der Waals surface area contributed by atoms with Gasteiger partial charge in [-0.2, -0.15) is 0 Å². The standard InChI is InChI=1S/C22H25N3O4/c1-14-5-6-17(12-15(14)2)21(27)24-19(13-18-4-3-11-29-18)22(28)25-9-7-16(8-10-25)20(23)26/h3-6,11-13,16H,7-10H2,1-2H3,(H2,23,26)(H,24,27)/b19-13-. The highest BCUT2D eigenvalue weighted by atomic mass is 16.3. The highest BCUT2D eigenvalue weighted by molar-refractivity contribution is 6.05. The summed E-state index contributed by atoms with van der Waals surface area (Å²) in [5, 5.41) is 2.73. The molecule has 0 unspecified atom stereocenters. The molecular weight excluding hydrogens is 370 g/mol. The van der Waals surface area contributed by atoms with Gasteiger partial charge >= 0.3 is 0 Å². The molecule has 0 spiro atoms. The van der Waals surface area contributed by atoms with Crippen molar-refractivity contribution < 1.29 is 18.8 Å². The third-order valence-electron chi connectivity index (χ3n) is 5.26. The van der Waals surface area contributed by atoms with E-state index in [-0.39, 0.29) is 29.3 Å². The molecule has 7 heteroatoms. The second kappa shape index (κ2) is 8.77. The summed E-state index contributed by atoms with van der Waals surface area (Å²) in [5.74, 6) is -0.790. The largest absolute Gasteiger partial charge is 0.465 e. The molecule has 3 rings (SSSR count). The summed E-state index contributed by atoms with van der Waals surface area (Å²) < 4.78 is 5.31. The van der Waals surface area contributed by atoms with Crippen LogP contribution in [0.5, 0.6) is 0 Å². The third kappa shape index (κ3) is 4.93. The van der Waals surface area contributed by atoms with E-state index in [1.807, 2.05) is 19.9 Å². The molecule has 1 aliphatic heterocycles. The fraction of sp³-hybridized carbons (Fsp3) is 0.318. The summed E-state index contributed by atoms with van der Waals surface area (Å²) in [6, 6.07) is 8.80. The number of furan rings is 1. The summed E-state index contributed by atoms with van der Waals surface area (Å²) in [7, 11) is 0. The number of benzene rings is 1. The van der Waals surface area contributed by atoms with Crippen LogP contribution >= 0.6 is 0 Å². The molecule has 3 N–H and O–H groups in total. The lowest BCUT2D eigenvalue weighted by Gasteiger charge is -2.31. The molecule has 1 aliphatic rings. The normalized spacial score (nSPS) is 15.2. The molecule has 3 amide bonds. The average molecular weight is 395 g/mol. The first-order valence-corrected chi connectivity index (χ1v) is 9.57. The lowest BCUT2D eigenvalue weighted by molar-refractivity contribution is -0.131. The van der Waals surface area contributed by atoms with Crippen molar-refractivity contribution in [1.29, 1.82) is 0 Å². The molecule has 152 valence electrons. The number of carbonyl (C=O) groups is 3. The zero-order chi connectivity index (χ0) is 21.0. The first-order chi connectivity index (χ1) is 13.8. The third-order valence-corrected chi connectivity index (χ3v) is 5.26. The van der Waals surface area contributed by atoms with Gasteiger partial charge < -0.3 is 20.4 Å². The first-order valence-electron chi connectivity index (χ1n) is 9.57. The van der Waals surface area contributed by atoms with Crippen molar-refractivity contribution in [2.24, 2.45) is 11.7 Å². The maximum Gasteiger partial charge on any atom is 0.270 e. The number of hydrogen-bond acceptors (Lipinski definition) is 4. The van der Waals surface area contributed by atoms with Crippen molar-refractivity contribution in [2.45, 2.75) is 26.7 Å². The maximum atomic E-state index is 13.1. The van der Waals surface area contributed by atoms with Crippen LogP contribution in [-0.4, -0.2) is 35.7 Å². The van der Waals surface area contributed by atoms with Crippen LogP contribution < -0.4 is 11.1 Å². The van der Waals surface area contributed by atoms with Gasteiger partial charge in [-0.15, -0.1) is 0 Å². The molecule has 0 radical (unpaired) electrons. The Balaban J connectivity index is 1.80. The predicted molar refractivity (Wildman–Crippen MR) is 109 cm³/mol. The quantitative estimate of drug-likeness (QED) is 0.758. The Morgan fingerprint density at radius 1 is 1.14 bits per heavy atom. The van der Waals surface area contributed by atoms with Crippen molar-refractivity contribution in [2.75, 3.05) is 13.1 Å². The predicted octanol–water partition coefficient (Wildman–Crippen LogP) is 2.39. The van der Waals surface area contributed by atoms with E-state index >= 15 is 0 Å². The van der Waals surface area contributed by atoms with Crippen LogP contribution in [0.4, 0.5) is 0 Å². The van der Waals surface area contributed by atoms with Gasteiger partial charge in [0.2, 0.25) is 5.91 Å². The van der Waals surface area contributed by atoms with E-state index in [4.69, 9.17) is 10.2 Å². The number of nitrogens with zero attached hydrogens (tertiary/aromatic N) is 1. The average Bonchev–Trinajstić information content (AvgIpc) is 3.22. The SMILES string of the molecule is Cc1ccc(C(=O)N/C(=C\c2ccco2)C(=O)N2CCC(C(N)=O)CC2)cc1C. The highest BCUT2D eigenvalue weighted by Gasteiger charge is 2.28. The Labute approximate surface area is 169 Å². The number of amides is 3. The Kier molecular flexibility index (Phi) is 6.16. The van der Waals surface area contributed by atoms with Gasteiger partial charge in [0, 0.05) is 30.6 Å². The van der Waals surface area contributed by atoms with Gasteiger partial charge in [0.25, 0.3) is 11.8 Å². The molecule has 7 nitrogen and oxygen atoms in total. The highest BCUT2D eigenvalue weighted by Crippen LogP contribution is 2.19. The minimum absolute atomic E-state index is 0.126. The fourth-order valence-electron chi connectivity index (χ4n) is 3.28. The van der Waals surface area contributed by atoms with Crippen molar-refractivity contribution in [3.8, 4) is 0 Å². The molecule has 2 aromatic rings. The fourth-order valence-corrected chi connectivity index (χ4v) is 3.28. The Hall–Kier alpha value is -3.35. The smallest absolute Gasteiger partial charge is 0.270 e. The van der Waals surface area contributed by atoms with Crippen LogP contribution in [0.3, 0.4) is 0 Å². The second-order valence-corrected chi connectivity index (χ2v) is 7.30. The summed E-state index contributed by atoms with van der Waals surface area (Å²) in [6.45, 7) is 4.71. The number of nitrogens with two attached hydrogens (primary N) is 1. The molecule has 2 heterocycles. The Morgan fingerprint density at radius 3 is 2.45 bits per heavy atom. The first kappa shape index (κ1) is 20.4. The van der Waals surface area contributed by atoms with E-state index in [9.17, 15) is 14.4 Å². The molecule has 1 aromatic carbocycles. The molecule has 0 bridgehead atoms. The maximum absolute atomic E-state index is 13.1. The molecule has 0 saturated carbocycles. The van der Waals surface area contributed by atoms with Crippen LogP contribution in [0.2, 0.25) is 0 Å². The minimum atomic E-state index is -0.369. The summed E-state index contributed by atoms with van der Waals surface area (Å²) in [5.41, 5.74) is 8.04. The van der Waals surface area contributed by atoms with E-state index in [2.05, 4.69) is 5.32 Å².